The highest BCUT2D eigenvalue weighted by atomic mass is 35.5. The Balaban J connectivity index is 1.70. The van der Waals surface area contributed by atoms with Gasteiger partial charge in [-0.15, -0.1) is 0 Å². The van der Waals surface area contributed by atoms with Crippen molar-refractivity contribution in [1.82, 2.24) is 15.3 Å². The van der Waals surface area contributed by atoms with Gasteiger partial charge in [-0.1, -0.05) is 24.4 Å². The number of rotatable bonds is 3. The van der Waals surface area contributed by atoms with Gasteiger partial charge in [-0.25, -0.2) is 9.97 Å². The summed E-state index contributed by atoms with van der Waals surface area (Å²) in [4.78, 5) is 8.94. The van der Waals surface area contributed by atoms with Crippen LogP contribution in [0.25, 0.3) is 0 Å². The van der Waals surface area contributed by atoms with Crippen LogP contribution in [0.3, 0.4) is 0 Å². The second kappa shape index (κ2) is 5.41. The molecule has 4 nitrogen and oxygen atoms in total. The highest BCUT2D eigenvalue weighted by molar-refractivity contribution is 6.30. The van der Waals surface area contributed by atoms with Gasteiger partial charge in [0.2, 0.25) is 5.95 Å². The minimum atomic E-state index is 0.598. The van der Waals surface area contributed by atoms with E-state index in [0.29, 0.717) is 11.1 Å². The van der Waals surface area contributed by atoms with Crippen molar-refractivity contribution in [1.29, 1.82) is 0 Å². The van der Waals surface area contributed by atoms with Crippen LogP contribution < -0.4 is 10.6 Å². The quantitative estimate of drug-likeness (QED) is 0.825. The predicted molar refractivity (Wildman–Crippen MR) is 72.9 cm³/mol. The van der Waals surface area contributed by atoms with Crippen LogP contribution in [0.5, 0.6) is 0 Å². The Kier molecular flexibility index (Phi) is 3.66. The molecule has 0 atom stereocenters. The zero-order valence-electron chi connectivity index (χ0n) is 10.5. The van der Waals surface area contributed by atoms with E-state index < -0.39 is 0 Å². The van der Waals surface area contributed by atoms with Crippen LogP contribution in [-0.4, -0.2) is 23.1 Å². The van der Waals surface area contributed by atoms with E-state index in [4.69, 9.17) is 11.6 Å². The Morgan fingerprint density at radius 3 is 2.94 bits per heavy atom. The van der Waals surface area contributed by atoms with Gasteiger partial charge in [0, 0.05) is 31.6 Å². The fourth-order valence-corrected chi connectivity index (χ4v) is 3.09. The van der Waals surface area contributed by atoms with Gasteiger partial charge in [0.25, 0.3) is 0 Å². The van der Waals surface area contributed by atoms with Gasteiger partial charge in [-0.2, -0.15) is 0 Å². The normalized spacial score (nSPS) is 19.8. The van der Waals surface area contributed by atoms with Gasteiger partial charge < -0.3 is 10.6 Å². The summed E-state index contributed by atoms with van der Waals surface area (Å²) >= 11 is 6.21. The number of nitrogens with zero attached hydrogens (tertiary/aromatic N) is 2. The average Bonchev–Trinajstić information content (AvgIpc) is 2.90. The molecule has 2 aliphatic rings. The van der Waals surface area contributed by atoms with Crippen molar-refractivity contribution in [2.75, 3.05) is 18.4 Å². The lowest BCUT2D eigenvalue weighted by Crippen LogP contribution is -2.26. The van der Waals surface area contributed by atoms with Gasteiger partial charge in [0.05, 0.1) is 5.69 Å². The van der Waals surface area contributed by atoms with Gasteiger partial charge in [-0.3, -0.25) is 0 Å². The average molecular weight is 267 g/mol. The van der Waals surface area contributed by atoms with Crippen molar-refractivity contribution < 1.29 is 0 Å². The fourth-order valence-electron chi connectivity index (χ4n) is 2.83. The Morgan fingerprint density at radius 1 is 1.28 bits per heavy atom. The van der Waals surface area contributed by atoms with E-state index in [9.17, 15) is 0 Å². The first-order valence-corrected chi connectivity index (χ1v) is 7.20. The molecule has 1 aromatic heterocycles. The van der Waals surface area contributed by atoms with E-state index in [-0.39, 0.29) is 0 Å². The maximum atomic E-state index is 6.21. The molecule has 0 amide bonds. The number of hydrogen-bond donors (Lipinski definition) is 2. The van der Waals surface area contributed by atoms with Gasteiger partial charge in [0.15, 0.2) is 0 Å². The van der Waals surface area contributed by atoms with Gasteiger partial charge in [0.1, 0.15) is 5.15 Å². The lowest BCUT2D eigenvalue weighted by Gasteiger charge is -2.18. The summed E-state index contributed by atoms with van der Waals surface area (Å²) < 4.78 is 0. The maximum absolute atomic E-state index is 6.21. The fraction of sp³-hybridized carbons (Fsp3) is 0.692. The maximum Gasteiger partial charge on any atom is 0.224 e. The van der Waals surface area contributed by atoms with Crippen molar-refractivity contribution in [3.63, 3.8) is 0 Å². The van der Waals surface area contributed by atoms with E-state index in [1.54, 1.807) is 0 Å². The first-order valence-electron chi connectivity index (χ1n) is 6.83. The molecule has 2 N–H and O–H groups in total. The summed E-state index contributed by atoms with van der Waals surface area (Å²) in [6.45, 7) is 2.74. The van der Waals surface area contributed by atoms with Gasteiger partial charge in [-0.05, 0) is 18.8 Å². The molecule has 2 heterocycles. The van der Waals surface area contributed by atoms with Gasteiger partial charge >= 0.3 is 0 Å². The summed E-state index contributed by atoms with van der Waals surface area (Å²) in [5.41, 5.74) is 2.16. The zero-order valence-corrected chi connectivity index (χ0v) is 11.3. The molecule has 1 aromatic rings. The molecule has 0 spiro atoms. The summed E-state index contributed by atoms with van der Waals surface area (Å²) in [7, 11) is 0. The van der Waals surface area contributed by atoms with Crippen LogP contribution in [0.1, 0.15) is 36.9 Å². The molecule has 1 saturated carbocycles. The third kappa shape index (κ3) is 2.59. The zero-order chi connectivity index (χ0) is 12.4. The van der Waals surface area contributed by atoms with Crippen molar-refractivity contribution in [2.45, 2.75) is 38.6 Å². The molecule has 1 aliphatic heterocycles. The lowest BCUT2D eigenvalue weighted by atomic mass is 10.1. The SMILES string of the molecule is Clc1nc(NCC2CCCC2)nc2c1CNCC2. The highest BCUT2D eigenvalue weighted by Gasteiger charge is 2.18. The van der Waals surface area contributed by atoms with Crippen molar-refractivity contribution >= 4 is 17.5 Å². The standard InChI is InChI=1S/C13H19ClN4/c14-12-10-8-15-6-5-11(10)17-13(18-12)16-7-9-3-1-2-4-9/h9,15H,1-8H2,(H,16,17,18). The topological polar surface area (TPSA) is 49.8 Å². The lowest BCUT2D eigenvalue weighted by molar-refractivity contribution is 0.576. The van der Waals surface area contributed by atoms with E-state index in [1.807, 2.05) is 0 Å². The number of nitrogens with one attached hydrogen (secondary N) is 2. The molecule has 0 bridgehead atoms. The summed E-state index contributed by atoms with van der Waals surface area (Å²) in [5.74, 6) is 1.48. The molecule has 0 aromatic carbocycles. The minimum Gasteiger partial charge on any atom is -0.354 e. The Morgan fingerprint density at radius 2 is 2.11 bits per heavy atom. The third-order valence-electron chi connectivity index (χ3n) is 3.91. The summed E-state index contributed by atoms with van der Waals surface area (Å²) in [6.07, 6.45) is 6.33. The number of anilines is 1. The molecule has 0 unspecified atom stereocenters. The molecule has 3 rings (SSSR count). The van der Waals surface area contributed by atoms with Crippen LogP contribution >= 0.6 is 11.6 Å². The second-order valence-electron chi connectivity index (χ2n) is 5.22. The first kappa shape index (κ1) is 12.2. The van der Waals surface area contributed by atoms with Crippen molar-refractivity contribution in [3.05, 3.63) is 16.4 Å². The summed E-state index contributed by atoms with van der Waals surface area (Å²) in [5, 5.41) is 7.24. The first-order chi connectivity index (χ1) is 8.83. The molecule has 0 saturated heterocycles. The molecular weight excluding hydrogens is 248 g/mol. The Labute approximate surface area is 113 Å². The van der Waals surface area contributed by atoms with Crippen LogP contribution in [0.4, 0.5) is 5.95 Å². The van der Waals surface area contributed by atoms with E-state index in [2.05, 4.69) is 20.6 Å². The highest BCUT2D eigenvalue weighted by Crippen LogP contribution is 2.25. The number of halogens is 1. The van der Waals surface area contributed by atoms with E-state index in [1.165, 1.54) is 25.7 Å². The number of fused-ring (bicyclic) bond motifs is 1. The predicted octanol–water partition coefficient (Wildman–Crippen LogP) is 2.38. The minimum absolute atomic E-state index is 0.598. The van der Waals surface area contributed by atoms with E-state index in [0.717, 1.165) is 43.2 Å². The molecule has 1 fully saturated rings. The van der Waals surface area contributed by atoms with Crippen LogP contribution in [0, 0.1) is 5.92 Å². The Hall–Kier alpha value is -0.870. The number of aromatic nitrogens is 2. The Bertz CT molecular complexity index is 429. The monoisotopic (exact) mass is 266 g/mol. The second-order valence-corrected chi connectivity index (χ2v) is 5.58. The largest absolute Gasteiger partial charge is 0.354 e. The third-order valence-corrected chi connectivity index (χ3v) is 4.22. The molecule has 1 aliphatic carbocycles. The van der Waals surface area contributed by atoms with Crippen molar-refractivity contribution in [3.8, 4) is 0 Å². The molecule has 98 valence electrons. The van der Waals surface area contributed by atoms with E-state index >= 15 is 0 Å². The molecule has 5 heteroatoms. The molecule has 0 radical (unpaired) electrons. The summed E-state index contributed by atoms with van der Waals surface area (Å²) in [6, 6.07) is 0. The van der Waals surface area contributed by atoms with Crippen LogP contribution in [-0.2, 0) is 13.0 Å². The van der Waals surface area contributed by atoms with Crippen LogP contribution in [0.2, 0.25) is 5.15 Å². The molecule has 18 heavy (non-hydrogen) atoms. The number of hydrogen-bond acceptors (Lipinski definition) is 4. The molecular formula is C13H19ClN4. The van der Waals surface area contributed by atoms with Crippen molar-refractivity contribution in [2.24, 2.45) is 5.92 Å². The smallest absolute Gasteiger partial charge is 0.224 e. The van der Waals surface area contributed by atoms with Crippen LogP contribution in [0.15, 0.2) is 0 Å².